The van der Waals surface area contributed by atoms with Gasteiger partial charge in [0.05, 0.1) is 12.0 Å². The van der Waals surface area contributed by atoms with E-state index in [1.807, 2.05) is 24.3 Å². The number of benzene rings is 1. The van der Waals surface area contributed by atoms with Gasteiger partial charge in [-0.25, -0.2) is 0 Å². The number of halogens is 1. The lowest BCUT2D eigenvalue weighted by molar-refractivity contribution is 0.0764. The fraction of sp³-hybridized carbons (Fsp3) is 0.400. The lowest BCUT2D eigenvalue weighted by Gasteiger charge is -2.28. The normalized spacial score (nSPS) is 26.3. The van der Waals surface area contributed by atoms with Gasteiger partial charge in [0.1, 0.15) is 11.9 Å². The fourth-order valence-electron chi connectivity index (χ4n) is 1.56. The standard InChI is InChI=1S/C10H11ClO2/c11-6-7-5-9(12)8-3-1-2-4-10(8)13-7/h1-4,7,9,12H,5-6H2/t7-,9?/m1/s1. The molecule has 13 heavy (non-hydrogen) atoms. The summed E-state index contributed by atoms with van der Waals surface area (Å²) in [7, 11) is 0. The van der Waals surface area contributed by atoms with Gasteiger partial charge in [-0.3, -0.25) is 0 Å². The zero-order chi connectivity index (χ0) is 9.26. The number of hydrogen-bond acceptors (Lipinski definition) is 2. The van der Waals surface area contributed by atoms with Crippen LogP contribution in [-0.2, 0) is 0 Å². The molecule has 1 aliphatic rings. The summed E-state index contributed by atoms with van der Waals surface area (Å²) >= 11 is 5.68. The number of aliphatic hydroxyl groups excluding tert-OH is 1. The van der Waals surface area contributed by atoms with Crippen molar-refractivity contribution in [3.8, 4) is 5.75 Å². The van der Waals surface area contributed by atoms with Crippen LogP contribution in [0.3, 0.4) is 0 Å². The number of ether oxygens (including phenoxy) is 1. The van der Waals surface area contributed by atoms with Crippen molar-refractivity contribution in [3.05, 3.63) is 29.8 Å². The molecule has 3 heteroatoms. The lowest BCUT2D eigenvalue weighted by Crippen LogP contribution is -2.26. The summed E-state index contributed by atoms with van der Waals surface area (Å²) < 4.78 is 5.56. The smallest absolute Gasteiger partial charge is 0.125 e. The monoisotopic (exact) mass is 198 g/mol. The molecule has 0 radical (unpaired) electrons. The van der Waals surface area contributed by atoms with E-state index in [1.54, 1.807) is 0 Å². The van der Waals surface area contributed by atoms with E-state index in [9.17, 15) is 5.11 Å². The van der Waals surface area contributed by atoms with E-state index in [-0.39, 0.29) is 6.10 Å². The van der Waals surface area contributed by atoms with Gasteiger partial charge in [-0.15, -0.1) is 11.6 Å². The maximum atomic E-state index is 9.72. The van der Waals surface area contributed by atoms with Crippen LogP contribution in [0.25, 0.3) is 0 Å². The molecular formula is C10H11ClO2. The van der Waals surface area contributed by atoms with Crippen LogP contribution < -0.4 is 4.74 Å². The molecule has 1 N–H and O–H groups in total. The zero-order valence-electron chi connectivity index (χ0n) is 7.11. The van der Waals surface area contributed by atoms with Crippen LogP contribution in [0.15, 0.2) is 24.3 Å². The van der Waals surface area contributed by atoms with Crippen molar-refractivity contribution in [2.45, 2.75) is 18.6 Å². The summed E-state index contributed by atoms with van der Waals surface area (Å²) in [5, 5.41) is 9.72. The highest BCUT2D eigenvalue weighted by Crippen LogP contribution is 2.34. The van der Waals surface area contributed by atoms with Crippen LogP contribution in [0, 0.1) is 0 Å². The van der Waals surface area contributed by atoms with Crippen molar-refractivity contribution in [2.75, 3.05) is 5.88 Å². The minimum atomic E-state index is -0.436. The van der Waals surface area contributed by atoms with E-state index in [0.717, 1.165) is 11.3 Å². The van der Waals surface area contributed by atoms with Crippen molar-refractivity contribution in [2.24, 2.45) is 0 Å². The summed E-state index contributed by atoms with van der Waals surface area (Å²) in [6.07, 6.45) is 0.0841. The second-order valence-electron chi connectivity index (χ2n) is 3.18. The van der Waals surface area contributed by atoms with Gasteiger partial charge in [0, 0.05) is 12.0 Å². The molecule has 0 spiro atoms. The first-order valence-electron chi connectivity index (χ1n) is 4.31. The molecule has 0 aliphatic carbocycles. The Kier molecular flexibility index (Phi) is 2.42. The third-order valence-electron chi connectivity index (χ3n) is 2.23. The summed E-state index contributed by atoms with van der Waals surface area (Å²) in [6, 6.07) is 7.52. The molecule has 0 fully saturated rings. The van der Waals surface area contributed by atoms with Crippen LogP contribution in [-0.4, -0.2) is 17.1 Å². The van der Waals surface area contributed by atoms with E-state index in [2.05, 4.69) is 0 Å². The molecule has 2 rings (SSSR count). The Balaban J connectivity index is 2.31. The van der Waals surface area contributed by atoms with Crippen LogP contribution >= 0.6 is 11.6 Å². The van der Waals surface area contributed by atoms with Gasteiger partial charge >= 0.3 is 0 Å². The fourth-order valence-corrected chi connectivity index (χ4v) is 1.75. The average Bonchev–Trinajstić information content (AvgIpc) is 2.18. The Hall–Kier alpha value is -0.730. The van der Waals surface area contributed by atoms with Crippen molar-refractivity contribution in [1.82, 2.24) is 0 Å². The van der Waals surface area contributed by atoms with Crippen molar-refractivity contribution in [1.29, 1.82) is 0 Å². The average molecular weight is 199 g/mol. The number of para-hydroxylation sites is 1. The molecule has 70 valence electrons. The number of rotatable bonds is 1. The van der Waals surface area contributed by atoms with Gasteiger partial charge < -0.3 is 9.84 Å². The van der Waals surface area contributed by atoms with Gasteiger partial charge in [0.15, 0.2) is 0 Å². The number of hydrogen-bond donors (Lipinski definition) is 1. The maximum absolute atomic E-state index is 9.72. The molecule has 1 unspecified atom stereocenters. The van der Waals surface area contributed by atoms with Gasteiger partial charge in [0.2, 0.25) is 0 Å². The first-order chi connectivity index (χ1) is 6.31. The second kappa shape index (κ2) is 3.56. The van der Waals surface area contributed by atoms with Gasteiger partial charge in [-0.1, -0.05) is 18.2 Å². The van der Waals surface area contributed by atoms with E-state index < -0.39 is 6.10 Å². The number of alkyl halides is 1. The molecular weight excluding hydrogens is 188 g/mol. The van der Waals surface area contributed by atoms with Crippen LogP contribution in [0.2, 0.25) is 0 Å². The summed E-state index contributed by atoms with van der Waals surface area (Å²) in [5.41, 5.74) is 0.865. The topological polar surface area (TPSA) is 29.5 Å². The minimum absolute atomic E-state index is 0.0634. The number of fused-ring (bicyclic) bond motifs is 1. The molecule has 0 saturated heterocycles. The van der Waals surface area contributed by atoms with Gasteiger partial charge in [0.25, 0.3) is 0 Å². The van der Waals surface area contributed by atoms with Crippen molar-refractivity contribution >= 4 is 11.6 Å². The molecule has 1 heterocycles. The molecule has 1 aliphatic heterocycles. The van der Waals surface area contributed by atoms with Crippen molar-refractivity contribution in [3.63, 3.8) is 0 Å². The number of aliphatic hydroxyl groups is 1. The van der Waals surface area contributed by atoms with E-state index in [0.29, 0.717) is 12.3 Å². The first-order valence-corrected chi connectivity index (χ1v) is 4.84. The predicted molar refractivity (Wildman–Crippen MR) is 51.2 cm³/mol. The molecule has 2 nitrogen and oxygen atoms in total. The Labute approximate surface area is 82.1 Å². The Morgan fingerprint density at radius 2 is 2.23 bits per heavy atom. The van der Waals surface area contributed by atoms with Crippen LogP contribution in [0.1, 0.15) is 18.1 Å². The summed E-state index contributed by atoms with van der Waals surface area (Å²) in [4.78, 5) is 0. The quantitative estimate of drug-likeness (QED) is 0.701. The first kappa shape index (κ1) is 8.85. The summed E-state index contributed by atoms with van der Waals surface area (Å²) in [5.74, 6) is 1.18. The Morgan fingerprint density at radius 3 is 3.00 bits per heavy atom. The van der Waals surface area contributed by atoms with Gasteiger partial charge in [-0.2, -0.15) is 0 Å². The van der Waals surface area contributed by atoms with E-state index >= 15 is 0 Å². The molecule has 1 aromatic carbocycles. The minimum Gasteiger partial charge on any atom is -0.489 e. The molecule has 1 aromatic rings. The van der Waals surface area contributed by atoms with Crippen molar-refractivity contribution < 1.29 is 9.84 Å². The highest BCUT2D eigenvalue weighted by molar-refractivity contribution is 6.18. The third-order valence-corrected chi connectivity index (χ3v) is 2.57. The third kappa shape index (κ3) is 1.64. The summed E-state index contributed by atoms with van der Waals surface area (Å²) in [6.45, 7) is 0. The SMILES string of the molecule is OC1C[C@H](CCl)Oc2ccccc21. The molecule has 0 amide bonds. The Bertz CT molecular complexity index is 301. The lowest BCUT2D eigenvalue weighted by atomic mass is 10.00. The molecule has 2 atom stereocenters. The van der Waals surface area contributed by atoms with E-state index in [1.165, 1.54) is 0 Å². The largest absolute Gasteiger partial charge is 0.489 e. The second-order valence-corrected chi connectivity index (χ2v) is 3.49. The Morgan fingerprint density at radius 1 is 1.46 bits per heavy atom. The zero-order valence-corrected chi connectivity index (χ0v) is 7.87. The van der Waals surface area contributed by atoms with Gasteiger partial charge in [-0.05, 0) is 6.07 Å². The highest BCUT2D eigenvalue weighted by atomic mass is 35.5. The molecule has 0 aromatic heterocycles. The van der Waals surface area contributed by atoms with E-state index in [4.69, 9.17) is 16.3 Å². The molecule has 0 saturated carbocycles. The highest BCUT2D eigenvalue weighted by Gasteiger charge is 2.25. The maximum Gasteiger partial charge on any atom is 0.125 e. The van der Waals surface area contributed by atoms with Crippen LogP contribution in [0.5, 0.6) is 5.75 Å². The molecule has 0 bridgehead atoms. The van der Waals surface area contributed by atoms with Crippen LogP contribution in [0.4, 0.5) is 0 Å². The predicted octanol–water partition coefficient (Wildman–Crippen LogP) is 2.11.